The minimum Gasteiger partial charge on any atom is -0.392 e. The van der Waals surface area contributed by atoms with E-state index in [2.05, 4.69) is 36.5 Å². The van der Waals surface area contributed by atoms with Crippen molar-refractivity contribution in [2.45, 2.75) is 76.0 Å². The fraction of sp³-hybridized carbons (Fsp3) is 0.667. The fourth-order valence-electron chi connectivity index (χ4n) is 3.65. The minimum absolute atomic E-state index is 0.129. The highest BCUT2D eigenvalue weighted by molar-refractivity contribution is 5.26. The Balaban J connectivity index is 1.49. The van der Waals surface area contributed by atoms with E-state index < -0.39 is 0 Å². The summed E-state index contributed by atoms with van der Waals surface area (Å²) in [7, 11) is 0. The highest BCUT2D eigenvalue weighted by Gasteiger charge is 2.33. The molecule has 110 valence electrons. The molecule has 0 bridgehead atoms. The van der Waals surface area contributed by atoms with Gasteiger partial charge in [-0.3, -0.25) is 0 Å². The summed E-state index contributed by atoms with van der Waals surface area (Å²) in [5, 5.41) is 13.9. The third kappa shape index (κ3) is 3.24. The smallest absolute Gasteiger partial charge is 0.0693 e. The molecule has 0 aliphatic heterocycles. The first-order chi connectivity index (χ1) is 9.72. The zero-order valence-electron chi connectivity index (χ0n) is 12.5. The number of rotatable bonds is 3. The molecule has 2 saturated carbocycles. The molecular formula is C18H27NO. The van der Waals surface area contributed by atoms with Gasteiger partial charge in [-0.2, -0.15) is 0 Å². The lowest BCUT2D eigenvalue weighted by Gasteiger charge is -2.39. The Labute approximate surface area is 122 Å². The van der Waals surface area contributed by atoms with E-state index in [1.807, 2.05) is 0 Å². The van der Waals surface area contributed by atoms with Gasteiger partial charge in [-0.05, 0) is 44.1 Å². The van der Waals surface area contributed by atoms with Gasteiger partial charge in [-0.25, -0.2) is 0 Å². The zero-order valence-corrected chi connectivity index (χ0v) is 12.5. The molecule has 2 atom stereocenters. The topological polar surface area (TPSA) is 32.3 Å². The standard InChI is InChI=1S/C18H27NO/c1-13-7-9-14(10-8-13)15-11-16(12-15)19-17-5-3-2-4-6-18(17)20/h7-10,15-20H,2-6,11-12H2,1H3. The van der Waals surface area contributed by atoms with Crippen molar-refractivity contribution in [2.24, 2.45) is 0 Å². The quantitative estimate of drug-likeness (QED) is 0.826. The van der Waals surface area contributed by atoms with Gasteiger partial charge in [0.2, 0.25) is 0 Å². The van der Waals surface area contributed by atoms with Crippen LogP contribution in [0.2, 0.25) is 0 Å². The predicted molar refractivity (Wildman–Crippen MR) is 83.0 cm³/mol. The van der Waals surface area contributed by atoms with Crippen LogP contribution in [0.4, 0.5) is 0 Å². The van der Waals surface area contributed by atoms with Crippen molar-refractivity contribution >= 4 is 0 Å². The van der Waals surface area contributed by atoms with Crippen molar-refractivity contribution in [1.29, 1.82) is 0 Å². The predicted octanol–water partition coefficient (Wildman–Crippen LogP) is 3.52. The molecule has 2 unspecified atom stereocenters. The molecule has 2 aliphatic carbocycles. The highest BCUT2D eigenvalue weighted by Crippen LogP contribution is 2.37. The first-order valence-corrected chi connectivity index (χ1v) is 8.23. The zero-order chi connectivity index (χ0) is 13.9. The van der Waals surface area contributed by atoms with Gasteiger partial charge in [-0.15, -0.1) is 0 Å². The fourth-order valence-corrected chi connectivity index (χ4v) is 3.65. The van der Waals surface area contributed by atoms with Crippen LogP contribution < -0.4 is 5.32 Å². The Morgan fingerprint density at radius 2 is 1.70 bits per heavy atom. The van der Waals surface area contributed by atoms with Gasteiger partial charge in [0.25, 0.3) is 0 Å². The lowest BCUT2D eigenvalue weighted by atomic mass is 9.75. The molecule has 2 N–H and O–H groups in total. The van der Waals surface area contributed by atoms with Crippen LogP contribution in [0.25, 0.3) is 0 Å². The molecule has 0 spiro atoms. The van der Waals surface area contributed by atoms with Gasteiger partial charge in [-0.1, -0.05) is 49.1 Å². The van der Waals surface area contributed by atoms with Crippen molar-refractivity contribution in [1.82, 2.24) is 5.32 Å². The normalized spacial score (nSPS) is 34.3. The third-order valence-corrected chi connectivity index (χ3v) is 5.12. The maximum atomic E-state index is 10.2. The number of hydrogen-bond acceptors (Lipinski definition) is 2. The molecule has 0 radical (unpaired) electrons. The second kappa shape index (κ2) is 6.28. The molecule has 3 rings (SSSR count). The molecule has 1 aromatic rings. The SMILES string of the molecule is Cc1ccc(C2CC(NC3CCCCCC3O)C2)cc1. The molecule has 0 heterocycles. The van der Waals surface area contributed by atoms with Crippen LogP contribution in [0.1, 0.15) is 62.0 Å². The number of aliphatic hydroxyl groups excluding tert-OH is 1. The molecular weight excluding hydrogens is 246 g/mol. The van der Waals surface area contributed by atoms with Gasteiger partial charge >= 0.3 is 0 Å². The number of hydrogen-bond donors (Lipinski definition) is 2. The van der Waals surface area contributed by atoms with Crippen LogP contribution in [0, 0.1) is 6.92 Å². The van der Waals surface area contributed by atoms with E-state index >= 15 is 0 Å². The van der Waals surface area contributed by atoms with E-state index in [9.17, 15) is 5.11 Å². The van der Waals surface area contributed by atoms with Crippen LogP contribution in [-0.2, 0) is 0 Å². The van der Waals surface area contributed by atoms with Crippen molar-refractivity contribution < 1.29 is 5.11 Å². The van der Waals surface area contributed by atoms with E-state index in [1.165, 1.54) is 43.2 Å². The number of aryl methyl sites for hydroxylation is 1. The molecule has 2 nitrogen and oxygen atoms in total. The minimum atomic E-state index is -0.129. The molecule has 0 amide bonds. The molecule has 2 heteroatoms. The summed E-state index contributed by atoms with van der Waals surface area (Å²) in [6.45, 7) is 2.14. The molecule has 0 saturated heterocycles. The van der Waals surface area contributed by atoms with E-state index in [1.54, 1.807) is 0 Å². The van der Waals surface area contributed by atoms with Gasteiger partial charge in [0, 0.05) is 12.1 Å². The van der Waals surface area contributed by atoms with Gasteiger partial charge in [0.05, 0.1) is 6.10 Å². The molecule has 1 aromatic carbocycles. The summed E-state index contributed by atoms with van der Waals surface area (Å²) in [5.74, 6) is 0.719. The van der Waals surface area contributed by atoms with E-state index in [0.717, 1.165) is 18.8 Å². The highest BCUT2D eigenvalue weighted by atomic mass is 16.3. The molecule has 2 fully saturated rings. The molecule has 20 heavy (non-hydrogen) atoms. The van der Waals surface area contributed by atoms with E-state index in [0.29, 0.717) is 12.1 Å². The van der Waals surface area contributed by atoms with Crippen LogP contribution in [0.15, 0.2) is 24.3 Å². The summed E-state index contributed by atoms with van der Waals surface area (Å²) in [6, 6.07) is 9.92. The van der Waals surface area contributed by atoms with Crippen LogP contribution >= 0.6 is 0 Å². The Morgan fingerprint density at radius 1 is 1.00 bits per heavy atom. The van der Waals surface area contributed by atoms with Crippen molar-refractivity contribution in [3.05, 3.63) is 35.4 Å². The summed E-state index contributed by atoms with van der Waals surface area (Å²) in [5.41, 5.74) is 2.82. The number of benzene rings is 1. The average molecular weight is 273 g/mol. The maximum absolute atomic E-state index is 10.2. The second-order valence-corrected chi connectivity index (χ2v) is 6.75. The Bertz CT molecular complexity index is 422. The van der Waals surface area contributed by atoms with Gasteiger partial charge < -0.3 is 10.4 Å². The number of nitrogens with one attached hydrogen (secondary N) is 1. The first-order valence-electron chi connectivity index (χ1n) is 8.23. The van der Waals surface area contributed by atoms with E-state index in [-0.39, 0.29) is 6.10 Å². The lowest BCUT2D eigenvalue weighted by molar-refractivity contribution is 0.102. The lowest BCUT2D eigenvalue weighted by Crippen LogP contribution is -2.49. The average Bonchev–Trinajstić information content (AvgIpc) is 2.60. The van der Waals surface area contributed by atoms with Crippen LogP contribution in [0.5, 0.6) is 0 Å². The van der Waals surface area contributed by atoms with Crippen molar-refractivity contribution in [2.75, 3.05) is 0 Å². The summed E-state index contributed by atoms with van der Waals surface area (Å²) in [4.78, 5) is 0. The first kappa shape index (κ1) is 14.1. The Hall–Kier alpha value is -0.860. The van der Waals surface area contributed by atoms with Crippen molar-refractivity contribution in [3.63, 3.8) is 0 Å². The molecule has 2 aliphatic rings. The largest absolute Gasteiger partial charge is 0.392 e. The monoisotopic (exact) mass is 273 g/mol. The Kier molecular flexibility index (Phi) is 4.42. The summed E-state index contributed by atoms with van der Waals surface area (Å²) >= 11 is 0. The summed E-state index contributed by atoms with van der Waals surface area (Å²) in [6.07, 6.45) is 8.19. The van der Waals surface area contributed by atoms with E-state index in [4.69, 9.17) is 0 Å². The van der Waals surface area contributed by atoms with Gasteiger partial charge in [0.1, 0.15) is 0 Å². The van der Waals surface area contributed by atoms with Crippen molar-refractivity contribution in [3.8, 4) is 0 Å². The van der Waals surface area contributed by atoms with Crippen LogP contribution in [0.3, 0.4) is 0 Å². The van der Waals surface area contributed by atoms with Crippen LogP contribution in [-0.4, -0.2) is 23.3 Å². The molecule has 0 aromatic heterocycles. The Morgan fingerprint density at radius 3 is 2.45 bits per heavy atom. The third-order valence-electron chi connectivity index (χ3n) is 5.12. The number of aliphatic hydroxyl groups is 1. The maximum Gasteiger partial charge on any atom is 0.0693 e. The summed E-state index contributed by atoms with van der Waals surface area (Å²) < 4.78 is 0. The second-order valence-electron chi connectivity index (χ2n) is 6.75. The van der Waals surface area contributed by atoms with Gasteiger partial charge in [0.15, 0.2) is 0 Å².